The molecule has 78 valence electrons. The van der Waals surface area contributed by atoms with Gasteiger partial charge in [-0.25, -0.2) is 13.6 Å². The van der Waals surface area contributed by atoms with Gasteiger partial charge in [-0.3, -0.25) is 0 Å². The number of primary sulfonamides is 1. The van der Waals surface area contributed by atoms with Gasteiger partial charge in [0.15, 0.2) is 0 Å². The quantitative estimate of drug-likeness (QED) is 0.614. The van der Waals surface area contributed by atoms with Crippen molar-refractivity contribution in [2.75, 3.05) is 23.3 Å². The van der Waals surface area contributed by atoms with E-state index in [1.54, 1.807) is 24.3 Å². The summed E-state index contributed by atoms with van der Waals surface area (Å²) in [6.45, 7) is 0.280. The SMILES string of the molecule is Nc1cccc(NCCS(N)(=O)=O)c1. The van der Waals surface area contributed by atoms with Crippen LogP contribution in [0.3, 0.4) is 0 Å². The number of nitrogens with two attached hydrogens (primary N) is 2. The van der Waals surface area contributed by atoms with E-state index in [9.17, 15) is 8.42 Å². The van der Waals surface area contributed by atoms with Gasteiger partial charge < -0.3 is 11.1 Å². The average molecular weight is 215 g/mol. The van der Waals surface area contributed by atoms with Crippen molar-refractivity contribution in [3.63, 3.8) is 0 Å². The fourth-order valence-electron chi connectivity index (χ4n) is 0.986. The Labute approximate surface area is 83.2 Å². The van der Waals surface area contributed by atoms with E-state index < -0.39 is 10.0 Å². The standard InChI is InChI=1S/C8H13N3O2S/c9-7-2-1-3-8(6-7)11-4-5-14(10,12)13/h1-3,6,11H,4-5,9H2,(H2,10,12,13). The van der Waals surface area contributed by atoms with E-state index in [1.807, 2.05) is 0 Å². The Morgan fingerprint density at radius 1 is 1.36 bits per heavy atom. The van der Waals surface area contributed by atoms with Gasteiger partial charge in [-0.15, -0.1) is 0 Å². The van der Waals surface area contributed by atoms with Crippen molar-refractivity contribution in [2.45, 2.75) is 0 Å². The molecule has 5 N–H and O–H groups in total. The minimum Gasteiger partial charge on any atom is -0.399 e. The van der Waals surface area contributed by atoms with Gasteiger partial charge in [0.25, 0.3) is 0 Å². The minimum atomic E-state index is -3.40. The van der Waals surface area contributed by atoms with Crippen molar-refractivity contribution in [3.05, 3.63) is 24.3 Å². The van der Waals surface area contributed by atoms with Gasteiger partial charge in [-0.2, -0.15) is 0 Å². The second-order valence-corrected chi connectivity index (χ2v) is 4.65. The summed E-state index contributed by atoms with van der Waals surface area (Å²) in [4.78, 5) is 0. The summed E-state index contributed by atoms with van der Waals surface area (Å²) >= 11 is 0. The number of rotatable bonds is 4. The second kappa shape index (κ2) is 4.30. The first-order chi connectivity index (χ1) is 6.47. The van der Waals surface area contributed by atoms with E-state index in [1.165, 1.54) is 0 Å². The molecule has 5 nitrogen and oxygen atoms in total. The lowest BCUT2D eigenvalue weighted by molar-refractivity contribution is 0.598. The number of hydrogen-bond donors (Lipinski definition) is 3. The van der Waals surface area contributed by atoms with Gasteiger partial charge in [-0.05, 0) is 18.2 Å². The number of nitrogens with one attached hydrogen (secondary N) is 1. The molecule has 6 heteroatoms. The van der Waals surface area contributed by atoms with Crippen LogP contribution < -0.4 is 16.2 Å². The maximum absolute atomic E-state index is 10.6. The third-order valence-electron chi connectivity index (χ3n) is 1.60. The summed E-state index contributed by atoms with van der Waals surface area (Å²) in [7, 11) is -3.40. The number of sulfonamides is 1. The number of anilines is 2. The summed E-state index contributed by atoms with van der Waals surface area (Å²) < 4.78 is 21.2. The lowest BCUT2D eigenvalue weighted by Gasteiger charge is -2.05. The summed E-state index contributed by atoms with van der Waals surface area (Å²) in [6, 6.07) is 7.07. The maximum Gasteiger partial charge on any atom is 0.210 e. The molecule has 14 heavy (non-hydrogen) atoms. The van der Waals surface area contributed by atoms with E-state index >= 15 is 0 Å². The molecule has 0 amide bonds. The molecule has 0 aromatic heterocycles. The van der Waals surface area contributed by atoms with E-state index in [2.05, 4.69) is 5.32 Å². The van der Waals surface area contributed by atoms with Crippen molar-refractivity contribution in [1.82, 2.24) is 0 Å². The first kappa shape index (κ1) is 10.8. The van der Waals surface area contributed by atoms with Crippen LogP contribution in [0.5, 0.6) is 0 Å². The second-order valence-electron chi connectivity index (χ2n) is 2.92. The Hall–Kier alpha value is -1.27. The molecular weight excluding hydrogens is 202 g/mol. The zero-order valence-corrected chi connectivity index (χ0v) is 8.42. The molecule has 0 aliphatic heterocycles. The zero-order valence-electron chi connectivity index (χ0n) is 7.60. The smallest absolute Gasteiger partial charge is 0.210 e. The predicted octanol–water partition coefficient (Wildman–Crippen LogP) is -0.0308. The van der Waals surface area contributed by atoms with Crippen molar-refractivity contribution in [1.29, 1.82) is 0 Å². The first-order valence-corrected chi connectivity index (χ1v) is 5.79. The fraction of sp³-hybridized carbons (Fsp3) is 0.250. The van der Waals surface area contributed by atoms with Crippen LogP contribution in [0.4, 0.5) is 11.4 Å². The van der Waals surface area contributed by atoms with Crippen LogP contribution in [0.2, 0.25) is 0 Å². The van der Waals surface area contributed by atoms with Gasteiger partial charge in [-0.1, -0.05) is 6.07 Å². The van der Waals surface area contributed by atoms with Gasteiger partial charge in [0.2, 0.25) is 10.0 Å². The van der Waals surface area contributed by atoms with Crippen LogP contribution in [0, 0.1) is 0 Å². The number of benzene rings is 1. The molecule has 0 spiro atoms. The third-order valence-corrected chi connectivity index (χ3v) is 2.38. The molecule has 1 aromatic rings. The highest BCUT2D eigenvalue weighted by molar-refractivity contribution is 7.89. The largest absolute Gasteiger partial charge is 0.399 e. The normalized spacial score (nSPS) is 11.2. The molecule has 0 unspecified atom stereocenters. The fourth-order valence-corrected chi connectivity index (χ4v) is 1.37. The molecule has 1 aromatic carbocycles. The van der Waals surface area contributed by atoms with E-state index in [0.717, 1.165) is 5.69 Å². The highest BCUT2D eigenvalue weighted by Gasteiger charge is 2.01. The molecule has 0 saturated carbocycles. The molecule has 0 saturated heterocycles. The number of hydrogen-bond acceptors (Lipinski definition) is 4. The Morgan fingerprint density at radius 2 is 2.07 bits per heavy atom. The Kier molecular flexibility index (Phi) is 3.32. The van der Waals surface area contributed by atoms with Crippen LogP contribution in [0.15, 0.2) is 24.3 Å². The summed E-state index contributed by atoms with van der Waals surface area (Å²) in [5.41, 5.74) is 6.95. The molecule has 0 aliphatic carbocycles. The molecule has 0 fully saturated rings. The molecular formula is C8H13N3O2S. The molecule has 1 rings (SSSR count). The Morgan fingerprint density at radius 3 is 2.64 bits per heavy atom. The van der Waals surface area contributed by atoms with Crippen LogP contribution in [0.25, 0.3) is 0 Å². The van der Waals surface area contributed by atoms with Crippen molar-refractivity contribution in [3.8, 4) is 0 Å². The highest BCUT2D eigenvalue weighted by atomic mass is 32.2. The minimum absolute atomic E-state index is 0.0954. The average Bonchev–Trinajstić information content (AvgIpc) is 2.01. The van der Waals surface area contributed by atoms with Crippen LogP contribution >= 0.6 is 0 Å². The summed E-state index contributed by atoms with van der Waals surface area (Å²) in [6.07, 6.45) is 0. The topological polar surface area (TPSA) is 98.2 Å². The third kappa shape index (κ3) is 4.11. The van der Waals surface area contributed by atoms with Crippen LogP contribution in [-0.2, 0) is 10.0 Å². The maximum atomic E-state index is 10.6. The van der Waals surface area contributed by atoms with Gasteiger partial charge >= 0.3 is 0 Å². The molecule has 0 bridgehead atoms. The lowest BCUT2D eigenvalue weighted by Crippen LogP contribution is -2.22. The summed E-state index contributed by atoms with van der Waals surface area (Å²) in [5.74, 6) is -0.0954. The summed E-state index contributed by atoms with van der Waals surface area (Å²) in [5, 5.41) is 7.74. The Balaban J connectivity index is 2.47. The highest BCUT2D eigenvalue weighted by Crippen LogP contribution is 2.10. The van der Waals surface area contributed by atoms with Crippen LogP contribution in [-0.4, -0.2) is 20.7 Å². The predicted molar refractivity (Wildman–Crippen MR) is 57.3 cm³/mol. The molecule has 0 aliphatic rings. The van der Waals surface area contributed by atoms with Gasteiger partial charge in [0, 0.05) is 17.9 Å². The van der Waals surface area contributed by atoms with E-state index in [4.69, 9.17) is 10.9 Å². The lowest BCUT2D eigenvalue weighted by atomic mass is 10.3. The molecule has 0 atom stereocenters. The molecule has 0 radical (unpaired) electrons. The van der Waals surface area contributed by atoms with E-state index in [0.29, 0.717) is 5.69 Å². The van der Waals surface area contributed by atoms with Crippen molar-refractivity contribution < 1.29 is 8.42 Å². The van der Waals surface area contributed by atoms with Crippen molar-refractivity contribution >= 4 is 21.4 Å². The number of nitrogen functional groups attached to an aromatic ring is 1. The monoisotopic (exact) mass is 215 g/mol. The van der Waals surface area contributed by atoms with E-state index in [-0.39, 0.29) is 12.3 Å². The first-order valence-electron chi connectivity index (χ1n) is 4.07. The zero-order chi connectivity index (χ0) is 10.6. The van der Waals surface area contributed by atoms with Crippen LogP contribution in [0.1, 0.15) is 0 Å². The Bertz CT molecular complexity index is 403. The van der Waals surface area contributed by atoms with Crippen molar-refractivity contribution in [2.24, 2.45) is 5.14 Å². The molecule has 0 heterocycles. The van der Waals surface area contributed by atoms with Gasteiger partial charge in [0.1, 0.15) is 0 Å². The van der Waals surface area contributed by atoms with Gasteiger partial charge in [0.05, 0.1) is 5.75 Å².